The zero-order valence-corrected chi connectivity index (χ0v) is 14.7. The first-order valence-electron chi connectivity index (χ1n) is 7.59. The second-order valence-electron chi connectivity index (χ2n) is 5.05. The van der Waals surface area contributed by atoms with Gasteiger partial charge in [-0.15, -0.1) is 11.8 Å². The van der Waals surface area contributed by atoms with Crippen LogP contribution in [0, 0.1) is 11.8 Å². The molecule has 0 unspecified atom stereocenters. The number of rotatable bonds is 5. The summed E-state index contributed by atoms with van der Waals surface area (Å²) in [6.45, 7) is 0.0477. The summed E-state index contributed by atoms with van der Waals surface area (Å²) in [5.74, 6) is 5.21. The van der Waals surface area contributed by atoms with Gasteiger partial charge in [-0.3, -0.25) is 4.79 Å². The Morgan fingerprint density at radius 2 is 1.92 bits per heavy atom. The molecule has 0 aliphatic carbocycles. The van der Waals surface area contributed by atoms with E-state index in [0.717, 1.165) is 17.0 Å². The highest BCUT2D eigenvalue weighted by Crippen LogP contribution is 2.31. The topological polar surface area (TPSA) is 38.3 Å². The van der Waals surface area contributed by atoms with Crippen molar-refractivity contribution in [1.29, 1.82) is 0 Å². The average Bonchev–Trinajstić information content (AvgIpc) is 2.63. The summed E-state index contributed by atoms with van der Waals surface area (Å²) in [6, 6.07) is 11.8. The van der Waals surface area contributed by atoms with Crippen molar-refractivity contribution < 1.29 is 22.7 Å². The van der Waals surface area contributed by atoms with Crippen molar-refractivity contribution >= 4 is 17.7 Å². The summed E-state index contributed by atoms with van der Waals surface area (Å²) < 4.78 is 43.0. The molecule has 0 atom stereocenters. The standard InChI is InChI=1S/C19H16F3NO2S/c1-26-17-10-3-2-9-16(17)18(24)23-11-4-5-12-25-15-8-6-7-14(13-15)19(20,21)22/h2-3,6-10,13H,11-12H2,1H3,(H,23,24). The molecule has 2 aromatic carbocycles. The Morgan fingerprint density at radius 3 is 2.65 bits per heavy atom. The minimum Gasteiger partial charge on any atom is -0.481 e. The van der Waals surface area contributed by atoms with E-state index >= 15 is 0 Å². The monoisotopic (exact) mass is 379 g/mol. The third-order valence-electron chi connectivity index (χ3n) is 3.29. The first-order chi connectivity index (χ1) is 12.4. The molecular formula is C19H16F3NO2S. The Morgan fingerprint density at radius 1 is 1.15 bits per heavy atom. The third-order valence-corrected chi connectivity index (χ3v) is 4.08. The molecule has 0 aromatic heterocycles. The van der Waals surface area contributed by atoms with Crippen LogP contribution in [0.2, 0.25) is 0 Å². The maximum absolute atomic E-state index is 12.6. The van der Waals surface area contributed by atoms with Gasteiger partial charge in [-0.05, 0) is 36.6 Å². The minimum absolute atomic E-state index is 0.0709. The van der Waals surface area contributed by atoms with E-state index < -0.39 is 11.7 Å². The molecule has 0 heterocycles. The summed E-state index contributed by atoms with van der Waals surface area (Å²) in [6.07, 6.45) is -2.53. The number of nitrogens with one attached hydrogen (secondary N) is 1. The third kappa shape index (κ3) is 5.74. The van der Waals surface area contributed by atoms with Crippen molar-refractivity contribution in [1.82, 2.24) is 5.32 Å². The van der Waals surface area contributed by atoms with Gasteiger partial charge in [0.1, 0.15) is 12.4 Å². The number of carbonyl (C=O) groups excluding carboxylic acids is 1. The lowest BCUT2D eigenvalue weighted by Crippen LogP contribution is -2.24. The Labute approximate surface area is 153 Å². The first-order valence-corrected chi connectivity index (χ1v) is 8.81. The van der Waals surface area contributed by atoms with E-state index in [2.05, 4.69) is 17.2 Å². The maximum Gasteiger partial charge on any atom is 0.416 e. The summed E-state index contributed by atoms with van der Waals surface area (Å²) in [5.41, 5.74) is -0.204. The van der Waals surface area contributed by atoms with Gasteiger partial charge >= 0.3 is 6.18 Å². The molecular weight excluding hydrogens is 363 g/mol. The fraction of sp³-hybridized carbons (Fsp3) is 0.211. The van der Waals surface area contributed by atoms with E-state index in [1.165, 1.54) is 23.9 Å². The second-order valence-corrected chi connectivity index (χ2v) is 5.90. The van der Waals surface area contributed by atoms with Crippen molar-refractivity contribution in [2.24, 2.45) is 0 Å². The Kier molecular flexibility index (Phi) is 6.98. The first kappa shape index (κ1) is 19.7. The molecule has 0 radical (unpaired) electrons. The van der Waals surface area contributed by atoms with Crippen molar-refractivity contribution in [3.63, 3.8) is 0 Å². The molecule has 0 saturated heterocycles. The van der Waals surface area contributed by atoms with Crippen molar-refractivity contribution in [2.75, 3.05) is 19.4 Å². The molecule has 2 aromatic rings. The Balaban J connectivity index is 1.82. The molecule has 0 aliphatic heterocycles. The van der Waals surface area contributed by atoms with Gasteiger partial charge in [-0.25, -0.2) is 0 Å². The van der Waals surface area contributed by atoms with Crippen LogP contribution in [0.5, 0.6) is 5.75 Å². The highest BCUT2D eigenvalue weighted by Gasteiger charge is 2.30. The molecule has 136 valence electrons. The van der Waals surface area contributed by atoms with Crippen LogP contribution in [-0.4, -0.2) is 25.3 Å². The zero-order chi connectivity index (χ0) is 19.0. The van der Waals surface area contributed by atoms with Gasteiger partial charge in [0.15, 0.2) is 0 Å². The van der Waals surface area contributed by atoms with E-state index in [1.54, 1.807) is 12.1 Å². The lowest BCUT2D eigenvalue weighted by atomic mass is 10.2. The van der Waals surface area contributed by atoms with Gasteiger partial charge in [0.2, 0.25) is 0 Å². The predicted molar refractivity (Wildman–Crippen MR) is 95.3 cm³/mol. The fourth-order valence-corrected chi connectivity index (χ4v) is 2.64. The number of hydrogen-bond donors (Lipinski definition) is 1. The van der Waals surface area contributed by atoms with Crippen LogP contribution in [0.4, 0.5) is 13.2 Å². The smallest absolute Gasteiger partial charge is 0.416 e. The van der Waals surface area contributed by atoms with Gasteiger partial charge in [-0.1, -0.05) is 30.0 Å². The fourth-order valence-electron chi connectivity index (χ4n) is 2.05. The van der Waals surface area contributed by atoms with E-state index in [4.69, 9.17) is 4.74 Å². The van der Waals surface area contributed by atoms with Crippen molar-refractivity contribution in [3.05, 3.63) is 59.7 Å². The van der Waals surface area contributed by atoms with Crippen LogP contribution in [-0.2, 0) is 6.18 Å². The molecule has 0 fully saturated rings. The Bertz CT molecular complexity index is 825. The lowest BCUT2D eigenvalue weighted by molar-refractivity contribution is -0.137. The largest absolute Gasteiger partial charge is 0.481 e. The number of amides is 1. The highest BCUT2D eigenvalue weighted by atomic mass is 32.2. The van der Waals surface area contributed by atoms with E-state index in [1.807, 2.05) is 18.4 Å². The van der Waals surface area contributed by atoms with Crippen LogP contribution < -0.4 is 10.1 Å². The van der Waals surface area contributed by atoms with Gasteiger partial charge in [0.05, 0.1) is 17.7 Å². The number of carbonyl (C=O) groups is 1. The average molecular weight is 379 g/mol. The second kappa shape index (κ2) is 9.20. The maximum atomic E-state index is 12.6. The number of thioether (sulfide) groups is 1. The number of alkyl halides is 3. The number of hydrogen-bond acceptors (Lipinski definition) is 3. The molecule has 0 bridgehead atoms. The van der Waals surface area contributed by atoms with Crippen LogP contribution in [0.1, 0.15) is 15.9 Å². The molecule has 1 N–H and O–H groups in total. The predicted octanol–water partition coefficient (Wildman–Crippen LogP) is 4.24. The summed E-state index contributed by atoms with van der Waals surface area (Å²) in [7, 11) is 0. The molecule has 0 saturated carbocycles. The van der Waals surface area contributed by atoms with Crippen LogP contribution in [0.25, 0.3) is 0 Å². The van der Waals surface area contributed by atoms with Crippen molar-refractivity contribution in [2.45, 2.75) is 11.1 Å². The summed E-state index contributed by atoms with van der Waals surface area (Å²) >= 11 is 1.47. The lowest BCUT2D eigenvalue weighted by Gasteiger charge is -2.08. The minimum atomic E-state index is -4.41. The summed E-state index contributed by atoms with van der Waals surface area (Å²) in [4.78, 5) is 12.9. The van der Waals surface area contributed by atoms with Crippen molar-refractivity contribution in [3.8, 4) is 17.6 Å². The normalized spacial score (nSPS) is 10.6. The molecule has 7 heteroatoms. The van der Waals surface area contributed by atoms with Crippen LogP contribution in [0.15, 0.2) is 53.4 Å². The summed E-state index contributed by atoms with van der Waals surface area (Å²) in [5, 5.41) is 2.67. The van der Waals surface area contributed by atoms with Gasteiger partial charge in [0.25, 0.3) is 5.91 Å². The zero-order valence-electron chi connectivity index (χ0n) is 13.9. The number of halogens is 3. The van der Waals surface area contributed by atoms with E-state index in [-0.39, 0.29) is 24.8 Å². The van der Waals surface area contributed by atoms with E-state index in [0.29, 0.717) is 5.56 Å². The van der Waals surface area contributed by atoms with Crippen LogP contribution >= 0.6 is 11.8 Å². The SMILES string of the molecule is CSc1ccccc1C(=O)NCC#CCOc1cccc(C(F)(F)F)c1. The van der Waals surface area contributed by atoms with Gasteiger partial charge in [-0.2, -0.15) is 13.2 Å². The van der Waals surface area contributed by atoms with Gasteiger partial charge in [0, 0.05) is 4.90 Å². The van der Waals surface area contributed by atoms with E-state index in [9.17, 15) is 18.0 Å². The molecule has 3 nitrogen and oxygen atoms in total. The molecule has 2 rings (SSSR count). The number of ether oxygens (including phenoxy) is 1. The quantitative estimate of drug-likeness (QED) is 0.624. The van der Waals surface area contributed by atoms with Gasteiger partial charge < -0.3 is 10.1 Å². The van der Waals surface area contributed by atoms with Crippen LogP contribution in [0.3, 0.4) is 0 Å². The number of benzene rings is 2. The molecule has 26 heavy (non-hydrogen) atoms. The Hall–Kier alpha value is -2.59. The molecule has 1 amide bonds. The highest BCUT2D eigenvalue weighted by molar-refractivity contribution is 7.98. The molecule has 0 spiro atoms. The molecule has 0 aliphatic rings.